The van der Waals surface area contributed by atoms with E-state index in [0.29, 0.717) is 17.1 Å². The van der Waals surface area contributed by atoms with Gasteiger partial charge in [-0.1, -0.05) is 30.4 Å². The minimum absolute atomic E-state index is 0.0121. The molecule has 1 heterocycles. The zero-order valence-corrected chi connectivity index (χ0v) is 16.2. The van der Waals surface area contributed by atoms with E-state index in [0.717, 1.165) is 16.7 Å². The number of carbonyl (C=O) groups is 1. The summed E-state index contributed by atoms with van der Waals surface area (Å²) >= 11 is 0. The summed E-state index contributed by atoms with van der Waals surface area (Å²) in [6, 6.07) is 14.7. The highest BCUT2D eigenvalue weighted by atomic mass is 16.5. The molecular formula is C24H20O6. The largest absolute Gasteiger partial charge is 0.508 e. The molecule has 0 spiro atoms. The summed E-state index contributed by atoms with van der Waals surface area (Å²) in [4.78, 5) is 12.2. The second kappa shape index (κ2) is 7.83. The van der Waals surface area contributed by atoms with Crippen LogP contribution >= 0.6 is 0 Å². The quantitative estimate of drug-likeness (QED) is 0.338. The number of hydrogen-bond donors (Lipinski definition) is 3. The summed E-state index contributed by atoms with van der Waals surface area (Å²) in [6.07, 6.45) is 3.79. The highest BCUT2D eigenvalue weighted by Gasteiger charge is 2.31. The summed E-state index contributed by atoms with van der Waals surface area (Å²) < 4.78 is 10.6. The molecule has 6 heteroatoms. The van der Waals surface area contributed by atoms with E-state index in [1.807, 2.05) is 12.2 Å². The number of rotatable bonds is 4. The molecule has 3 aromatic carbocycles. The molecule has 30 heavy (non-hydrogen) atoms. The molecule has 1 aliphatic heterocycles. The Labute approximate surface area is 173 Å². The van der Waals surface area contributed by atoms with Gasteiger partial charge in [-0.3, -0.25) is 4.79 Å². The van der Waals surface area contributed by atoms with E-state index >= 15 is 0 Å². The Bertz CT molecular complexity index is 1130. The topological polar surface area (TPSA) is 96.2 Å². The molecular weight excluding hydrogens is 384 g/mol. The molecule has 1 atom stereocenters. The molecule has 4 rings (SSSR count). The SMILES string of the molecule is COc1cc([C@H]2CC(=O)Oc3cc(O)cc(C=Cc4ccc(O)cc4)c32)ccc1O. The van der Waals surface area contributed by atoms with Crippen molar-refractivity contribution >= 4 is 18.1 Å². The molecule has 0 aromatic heterocycles. The maximum atomic E-state index is 12.2. The molecule has 0 aliphatic carbocycles. The lowest BCUT2D eigenvalue weighted by molar-refractivity contribution is -0.135. The number of hydrogen-bond acceptors (Lipinski definition) is 6. The summed E-state index contributed by atoms with van der Waals surface area (Å²) in [6.45, 7) is 0. The third-order valence-corrected chi connectivity index (χ3v) is 5.06. The summed E-state index contributed by atoms with van der Waals surface area (Å²) in [5, 5.41) is 29.5. The fourth-order valence-corrected chi connectivity index (χ4v) is 3.63. The van der Waals surface area contributed by atoms with Gasteiger partial charge in [0, 0.05) is 17.5 Å². The van der Waals surface area contributed by atoms with Crippen molar-refractivity contribution in [2.75, 3.05) is 7.11 Å². The first-order valence-electron chi connectivity index (χ1n) is 9.36. The molecule has 3 aromatic rings. The first-order valence-corrected chi connectivity index (χ1v) is 9.36. The van der Waals surface area contributed by atoms with Gasteiger partial charge in [-0.25, -0.2) is 0 Å². The van der Waals surface area contributed by atoms with Gasteiger partial charge < -0.3 is 24.8 Å². The number of phenolic OH excluding ortho intramolecular Hbond substituents is 3. The van der Waals surface area contributed by atoms with Gasteiger partial charge >= 0.3 is 5.97 Å². The van der Waals surface area contributed by atoms with Crippen molar-refractivity contribution in [2.45, 2.75) is 12.3 Å². The van der Waals surface area contributed by atoms with Crippen LogP contribution in [0.1, 0.15) is 34.6 Å². The monoisotopic (exact) mass is 404 g/mol. The number of aromatic hydroxyl groups is 3. The lowest BCUT2D eigenvalue weighted by Gasteiger charge is -2.27. The third kappa shape index (κ3) is 3.80. The Morgan fingerprint density at radius 2 is 1.73 bits per heavy atom. The molecule has 0 fully saturated rings. The first-order chi connectivity index (χ1) is 14.4. The normalized spacial score (nSPS) is 15.6. The fourth-order valence-electron chi connectivity index (χ4n) is 3.63. The molecule has 6 nitrogen and oxygen atoms in total. The van der Waals surface area contributed by atoms with Gasteiger partial charge in [0.1, 0.15) is 17.2 Å². The smallest absolute Gasteiger partial charge is 0.312 e. The van der Waals surface area contributed by atoms with Gasteiger partial charge in [-0.2, -0.15) is 0 Å². The van der Waals surface area contributed by atoms with Crippen LogP contribution in [0.2, 0.25) is 0 Å². The predicted molar refractivity (Wildman–Crippen MR) is 112 cm³/mol. The van der Waals surface area contributed by atoms with Crippen molar-refractivity contribution < 1.29 is 29.6 Å². The molecule has 3 N–H and O–H groups in total. The second-order valence-corrected chi connectivity index (χ2v) is 7.03. The van der Waals surface area contributed by atoms with Crippen LogP contribution in [0.3, 0.4) is 0 Å². The van der Waals surface area contributed by atoms with Crippen LogP contribution in [0, 0.1) is 0 Å². The lowest BCUT2D eigenvalue weighted by Crippen LogP contribution is -2.22. The highest BCUT2D eigenvalue weighted by Crippen LogP contribution is 2.44. The zero-order chi connectivity index (χ0) is 21.3. The van der Waals surface area contributed by atoms with Gasteiger partial charge in [0.15, 0.2) is 11.5 Å². The molecule has 1 aliphatic rings. The van der Waals surface area contributed by atoms with E-state index in [-0.39, 0.29) is 29.6 Å². The Balaban J connectivity index is 1.82. The second-order valence-electron chi connectivity index (χ2n) is 7.03. The first kappa shape index (κ1) is 19.4. The van der Waals surface area contributed by atoms with Crippen LogP contribution in [0.25, 0.3) is 12.2 Å². The van der Waals surface area contributed by atoms with Crippen molar-refractivity contribution in [3.05, 3.63) is 76.9 Å². The zero-order valence-electron chi connectivity index (χ0n) is 16.2. The van der Waals surface area contributed by atoms with Crippen LogP contribution in [-0.4, -0.2) is 28.4 Å². The number of carbonyl (C=O) groups excluding carboxylic acids is 1. The van der Waals surface area contributed by atoms with Crippen LogP contribution in [0.4, 0.5) is 0 Å². The van der Waals surface area contributed by atoms with Crippen molar-refractivity contribution in [3.63, 3.8) is 0 Å². The molecule has 0 unspecified atom stereocenters. The van der Waals surface area contributed by atoms with E-state index in [4.69, 9.17) is 9.47 Å². The average Bonchev–Trinajstić information content (AvgIpc) is 2.72. The number of benzene rings is 3. The van der Waals surface area contributed by atoms with Gasteiger partial charge in [-0.05, 0) is 47.0 Å². The number of methoxy groups -OCH3 is 1. The number of phenols is 3. The summed E-state index contributed by atoms with van der Waals surface area (Å²) in [7, 11) is 1.46. The van der Waals surface area contributed by atoms with Crippen LogP contribution in [-0.2, 0) is 4.79 Å². The molecule has 152 valence electrons. The molecule has 0 saturated heterocycles. The Morgan fingerprint density at radius 3 is 2.47 bits per heavy atom. The average molecular weight is 404 g/mol. The van der Waals surface area contributed by atoms with E-state index in [2.05, 4.69) is 0 Å². The third-order valence-electron chi connectivity index (χ3n) is 5.06. The van der Waals surface area contributed by atoms with Crippen LogP contribution in [0.15, 0.2) is 54.6 Å². The Kier molecular flexibility index (Phi) is 5.06. The van der Waals surface area contributed by atoms with Gasteiger partial charge in [0.05, 0.1) is 13.5 Å². The minimum Gasteiger partial charge on any atom is -0.508 e. The maximum absolute atomic E-state index is 12.2. The standard InChI is InChI=1S/C24H20O6/c1-29-21-11-15(6-9-20(21)27)19-13-23(28)30-22-12-18(26)10-16(24(19)22)5-2-14-3-7-17(25)8-4-14/h2-12,19,25-27H,13H2,1H3/t19-/m1/s1. The minimum atomic E-state index is -0.404. The van der Waals surface area contributed by atoms with Gasteiger partial charge in [0.25, 0.3) is 0 Å². The highest BCUT2D eigenvalue weighted by molar-refractivity contribution is 5.82. The Hall–Kier alpha value is -3.93. The molecule has 0 radical (unpaired) electrons. The predicted octanol–water partition coefficient (Wildman–Crippen LogP) is 4.42. The molecule has 0 saturated carbocycles. The van der Waals surface area contributed by atoms with E-state index in [1.54, 1.807) is 42.5 Å². The lowest BCUT2D eigenvalue weighted by atomic mass is 9.83. The van der Waals surface area contributed by atoms with Gasteiger partial charge in [0.2, 0.25) is 0 Å². The van der Waals surface area contributed by atoms with Crippen molar-refractivity contribution in [1.82, 2.24) is 0 Å². The van der Waals surface area contributed by atoms with E-state index in [1.165, 1.54) is 19.2 Å². The number of ether oxygens (including phenoxy) is 2. The molecule has 0 amide bonds. The van der Waals surface area contributed by atoms with Crippen molar-refractivity contribution in [3.8, 4) is 28.7 Å². The van der Waals surface area contributed by atoms with Gasteiger partial charge in [-0.15, -0.1) is 0 Å². The van der Waals surface area contributed by atoms with Crippen molar-refractivity contribution in [2.24, 2.45) is 0 Å². The van der Waals surface area contributed by atoms with E-state index in [9.17, 15) is 20.1 Å². The number of esters is 1. The summed E-state index contributed by atoms with van der Waals surface area (Å²) in [5.41, 5.74) is 3.10. The fraction of sp³-hybridized carbons (Fsp3) is 0.125. The maximum Gasteiger partial charge on any atom is 0.312 e. The van der Waals surface area contributed by atoms with E-state index < -0.39 is 5.97 Å². The molecule has 0 bridgehead atoms. The van der Waals surface area contributed by atoms with Crippen LogP contribution in [0.5, 0.6) is 28.7 Å². The Morgan fingerprint density at radius 1 is 0.967 bits per heavy atom. The summed E-state index contributed by atoms with van der Waals surface area (Å²) in [5.74, 6) is 0.0417. The number of fused-ring (bicyclic) bond motifs is 1. The van der Waals surface area contributed by atoms with Crippen LogP contribution < -0.4 is 9.47 Å². The van der Waals surface area contributed by atoms with Crippen molar-refractivity contribution in [1.29, 1.82) is 0 Å².